The molecule has 1 N–H and O–H groups in total. The lowest BCUT2D eigenvalue weighted by molar-refractivity contribution is 0.428. The second kappa shape index (κ2) is 6.29. The van der Waals surface area contributed by atoms with Gasteiger partial charge in [-0.1, -0.05) is 29.8 Å². The van der Waals surface area contributed by atoms with Crippen molar-refractivity contribution in [1.29, 1.82) is 0 Å². The first-order valence-electron chi connectivity index (χ1n) is 6.08. The molecule has 0 aliphatic heterocycles. The van der Waals surface area contributed by atoms with E-state index < -0.39 is 23.5 Å². The SMILES string of the molecule is CNC(Cc1ccc(Cl)cc1)c1ccc(F)c(F)c1F. The fourth-order valence-electron chi connectivity index (χ4n) is 2.03. The van der Waals surface area contributed by atoms with Crippen LogP contribution in [0.15, 0.2) is 36.4 Å². The smallest absolute Gasteiger partial charge is 0.194 e. The lowest BCUT2D eigenvalue weighted by Gasteiger charge is -2.18. The van der Waals surface area contributed by atoms with Crippen LogP contribution in [0.5, 0.6) is 0 Å². The highest BCUT2D eigenvalue weighted by atomic mass is 35.5. The molecule has 1 unspecified atom stereocenters. The maximum absolute atomic E-state index is 13.8. The summed E-state index contributed by atoms with van der Waals surface area (Å²) in [7, 11) is 1.64. The van der Waals surface area contributed by atoms with Crippen LogP contribution in [0.25, 0.3) is 0 Å². The van der Waals surface area contributed by atoms with Gasteiger partial charge in [0.1, 0.15) is 0 Å². The second-order valence-electron chi connectivity index (χ2n) is 4.44. The van der Waals surface area contributed by atoms with Gasteiger partial charge in [0.05, 0.1) is 0 Å². The molecule has 2 aromatic carbocycles. The summed E-state index contributed by atoms with van der Waals surface area (Å²) in [6, 6.07) is 8.81. The van der Waals surface area contributed by atoms with Crippen LogP contribution in [0, 0.1) is 17.5 Å². The van der Waals surface area contributed by atoms with Gasteiger partial charge in [-0.25, -0.2) is 13.2 Å². The van der Waals surface area contributed by atoms with Crippen molar-refractivity contribution < 1.29 is 13.2 Å². The summed E-state index contributed by atoms with van der Waals surface area (Å²) in [4.78, 5) is 0. The first-order valence-corrected chi connectivity index (χ1v) is 6.46. The van der Waals surface area contributed by atoms with Gasteiger partial charge in [0.25, 0.3) is 0 Å². The molecule has 106 valence electrons. The van der Waals surface area contributed by atoms with Gasteiger partial charge in [-0.3, -0.25) is 0 Å². The van der Waals surface area contributed by atoms with E-state index in [4.69, 9.17) is 11.6 Å². The highest BCUT2D eigenvalue weighted by Gasteiger charge is 2.20. The molecule has 0 fully saturated rings. The Kier molecular flexibility index (Phi) is 4.68. The molecular formula is C15H13ClF3N. The molecule has 0 saturated heterocycles. The highest BCUT2D eigenvalue weighted by molar-refractivity contribution is 6.30. The van der Waals surface area contributed by atoms with Crippen LogP contribution in [0.4, 0.5) is 13.2 Å². The second-order valence-corrected chi connectivity index (χ2v) is 4.87. The van der Waals surface area contributed by atoms with Crippen LogP contribution in [-0.4, -0.2) is 7.05 Å². The fraction of sp³-hybridized carbons (Fsp3) is 0.200. The van der Waals surface area contributed by atoms with E-state index in [1.165, 1.54) is 6.07 Å². The summed E-state index contributed by atoms with van der Waals surface area (Å²) in [6.45, 7) is 0. The lowest BCUT2D eigenvalue weighted by atomic mass is 9.98. The van der Waals surface area contributed by atoms with Crippen molar-refractivity contribution >= 4 is 11.6 Å². The van der Waals surface area contributed by atoms with Crippen molar-refractivity contribution in [2.24, 2.45) is 0 Å². The lowest BCUT2D eigenvalue weighted by Crippen LogP contribution is -2.21. The van der Waals surface area contributed by atoms with Crippen molar-refractivity contribution in [3.05, 3.63) is 70.0 Å². The average Bonchev–Trinajstić information content (AvgIpc) is 2.45. The van der Waals surface area contributed by atoms with E-state index in [9.17, 15) is 13.2 Å². The van der Waals surface area contributed by atoms with Crippen LogP contribution in [0.2, 0.25) is 5.02 Å². The highest BCUT2D eigenvalue weighted by Crippen LogP contribution is 2.24. The molecule has 1 nitrogen and oxygen atoms in total. The predicted molar refractivity (Wildman–Crippen MR) is 73.3 cm³/mol. The molecule has 5 heteroatoms. The van der Waals surface area contributed by atoms with Gasteiger partial charge in [-0.05, 0) is 37.2 Å². The Balaban J connectivity index is 2.29. The van der Waals surface area contributed by atoms with Crippen molar-refractivity contribution in [2.45, 2.75) is 12.5 Å². The van der Waals surface area contributed by atoms with Gasteiger partial charge in [0, 0.05) is 16.6 Å². The van der Waals surface area contributed by atoms with E-state index in [0.717, 1.165) is 11.6 Å². The molecule has 0 aromatic heterocycles. The number of likely N-dealkylation sites (N-methyl/N-ethyl adjacent to an activating group) is 1. The standard InChI is InChI=1S/C15H13ClF3N/c1-20-13(8-9-2-4-10(16)5-3-9)11-6-7-12(17)15(19)14(11)18/h2-7,13,20H,8H2,1H3. The van der Waals surface area contributed by atoms with Gasteiger partial charge >= 0.3 is 0 Å². The molecule has 1 atom stereocenters. The summed E-state index contributed by atoms with van der Waals surface area (Å²) in [5.74, 6) is -3.79. The van der Waals surface area contributed by atoms with Crippen molar-refractivity contribution in [2.75, 3.05) is 7.05 Å². The summed E-state index contributed by atoms with van der Waals surface area (Å²) in [5, 5.41) is 3.51. The maximum atomic E-state index is 13.8. The molecule has 20 heavy (non-hydrogen) atoms. The van der Waals surface area contributed by atoms with Crippen LogP contribution in [0.1, 0.15) is 17.2 Å². The summed E-state index contributed by atoms with van der Waals surface area (Å²) >= 11 is 5.80. The van der Waals surface area contributed by atoms with Crippen molar-refractivity contribution in [1.82, 2.24) is 5.32 Å². The van der Waals surface area contributed by atoms with E-state index >= 15 is 0 Å². The molecule has 0 amide bonds. The Labute approximate surface area is 120 Å². The molecule has 0 radical (unpaired) electrons. The number of hydrogen-bond donors (Lipinski definition) is 1. The minimum atomic E-state index is -1.45. The molecule has 0 aliphatic carbocycles. The zero-order valence-corrected chi connectivity index (χ0v) is 11.5. The average molecular weight is 300 g/mol. The van der Waals surface area contributed by atoms with Gasteiger partial charge in [-0.2, -0.15) is 0 Å². The van der Waals surface area contributed by atoms with Crippen molar-refractivity contribution in [3.8, 4) is 0 Å². The van der Waals surface area contributed by atoms with Gasteiger partial charge in [-0.15, -0.1) is 0 Å². The van der Waals surface area contributed by atoms with Crippen LogP contribution in [0.3, 0.4) is 0 Å². The topological polar surface area (TPSA) is 12.0 Å². The van der Waals surface area contributed by atoms with Gasteiger partial charge in [0.15, 0.2) is 17.5 Å². The van der Waals surface area contributed by atoms with E-state index in [-0.39, 0.29) is 5.56 Å². The first kappa shape index (κ1) is 14.9. The quantitative estimate of drug-likeness (QED) is 0.832. The summed E-state index contributed by atoms with van der Waals surface area (Å²) in [5.41, 5.74) is 1.01. The predicted octanol–water partition coefficient (Wildman–Crippen LogP) is 4.26. The normalized spacial score (nSPS) is 12.4. The minimum absolute atomic E-state index is 0.0985. The van der Waals surface area contributed by atoms with E-state index in [1.807, 2.05) is 12.1 Å². The van der Waals surface area contributed by atoms with Gasteiger partial charge < -0.3 is 5.32 Å². The summed E-state index contributed by atoms with van der Waals surface area (Å²) < 4.78 is 40.0. The van der Waals surface area contributed by atoms with E-state index in [1.54, 1.807) is 19.2 Å². The third kappa shape index (κ3) is 3.14. The van der Waals surface area contributed by atoms with Crippen LogP contribution in [-0.2, 0) is 6.42 Å². The van der Waals surface area contributed by atoms with E-state index in [2.05, 4.69) is 5.32 Å². The maximum Gasteiger partial charge on any atom is 0.194 e. The summed E-state index contributed by atoms with van der Waals surface area (Å²) in [6.07, 6.45) is 0.440. The van der Waals surface area contributed by atoms with Crippen LogP contribution >= 0.6 is 11.6 Å². The zero-order valence-electron chi connectivity index (χ0n) is 10.8. The minimum Gasteiger partial charge on any atom is -0.313 e. The number of rotatable bonds is 4. The molecule has 2 rings (SSSR count). The fourth-order valence-corrected chi connectivity index (χ4v) is 2.16. The number of hydrogen-bond acceptors (Lipinski definition) is 1. The Bertz CT molecular complexity index is 599. The van der Waals surface area contributed by atoms with Crippen LogP contribution < -0.4 is 5.32 Å². The van der Waals surface area contributed by atoms with E-state index in [0.29, 0.717) is 11.4 Å². The Hall–Kier alpha value is -1.52. The third-order valence-corrected chi connectivity index (χ3v) is 3.39. The molecule has 0 heterocycles. The molecule has 0 saturated carbocycles. The number of benzene rings is 2. The molecule has 2 aromatic rings. The van der Waals surface area contributed by atoms with Crippen molar-refractivity contribution in [3.63, 3.8) is 0 Å². The Morgan fingerprint density at radius 3 is 2.25 bits per heavy atom. The molecule has 0 spiro atoms. The zero-order chi connectivity index (χ0) is 14.7. The largest absolute Gasteiger partial charge is 0.313 e. The Morgan fingerprint density at radius 2 is 1.65 bits per heavy atom. The third-order valence-electron chi connectivity index (χ3n) is 3.14. The monoisotopic (exact) mass is 299 g/mol. The molecular weight excluding hydrogens is 287 g/mol. The molecule has 0 aliphatic rings. The Morgan fingerprint density at radius 1 is 1.00 bits per heavy atom. The first-order chi connectivity index (χ1) is 9.52. The number of halogens is 4. The molecule has 0 bridgehead atoms. The van der Waals surface area contributed by atoms with Gasteiger partial charge in [0.2, 0.25) is 0 Å². The number of nitrogens with one attached hydrogen (secondary N) is 1.